The maximum absolute atomic E-state index is 13.2. The van der Waals surface area contributed by atoms with Gasteiger partial charge in [0.1, 0.15) is 6.04 Å². The lowest BCUT2D eigenvalue weighted by atomic mass is 10.1. The van der Waals surface area contributed by atoms with Crippen molar-refractivity contribution < 1.29 is 9.59 Å². The molecule has 0 heterocycles. The summed E-state index contributed by atoms with van der Waals surface area (Å²) in [5, 5.41) is 3.96. The Hall–Kier alpha value is -2.04. The molecule has 1 unspecified atom stereocenters. The van der Waals surface area contributed by atoms with Gasteiger partial charge in [0.05, 0.1) is 6.42 Å². The predicted molar refractivity (Wildman–Crippen MR) is 119 cm³/mol. The van der Waals surface area contributed by atoms with Crippen LogP contribution in [0.1, 0.15) is 38.3 Å². The van der Waals surface area contributed by atoms with Gasteiger partial charge in [-0.25, -0.2) is 0 Å². The van der Waals surface area contributed by atoms with Crippen LogP contribution in [0.25, 0.3) is 0 Å². The molecule has 4 nitrogen and oxygen atoms in total. The summed E-state index contributed by atoms with van der Waals surface area (Å²) in [7, 11) is 0. The summed E-state index contributed by atoms with van der Waals surface area (Å²) in [6.07, 6.45) is 0.732. The van der Waals surface area contributed by atoms with Crippen LogP contribution < -0.4 is 5.32 Å². The molecule has 2 aromatic carbocycles. The Morgan fingerprint density at radius 2 is 1.76 bits per heavy atom. The number of nitrogens with zero attached hydrogens (tertiary/aromatic N) is 1. The molecule has 1 atom stereocenters. The van der Waals surface area contributed by atoms with Gasteiger partial charge in [-0.3, -0.25) is 9.59 Å². The van der Waals surface area contributed by atoms with Crippen LogP contribution in [0.4, 0.5) is 0 Å². The number of amides is 2. The van der Waals surface area contributed by atoms with Crippen molar-refractivity contribution in [1.82, 2.24) is 10.2 Å². The summed E-state index contributed by atoms with van der Waals surface area (Å²) in [4.78, 5) is 27.7. The van der Waals surface area contributed by atoms with Crippen LogP contribution in [0.2, 0.25) is 10.0 Å². The third-order valence-electron chi connectivity index (χ3n) is 4.62. The zero-order valence-electron chi connectivity index (χ0n) is 17.1. The number of halogens is 2. The fourth-order valence-electron chi connectivity index (χ4n) is 3.05. The molecule has 2 aromatic rings. The summed E-state index contributed by atoms with van der Waals surface area (Å²) in [5.41, 5.74) is 1.66. The van der Waals surface area contributed by atoms with Gasteiger partial charge in [0.25, 0.3) is 0 Å². The van der Waals surface area contributed by atoms with E-state index < -0.39 is 6.04 Å². The molecule has 0 aliphatic rings. The Morgan fingerprint density at radius 3 is 2.34 bits per heavy atom. The van der Waals surface area contributed by atoms with Gasteiger partial charge in [0, 0.05) is 23.1 Å². The highest BCUT2D eigenvalue weighted by Crippen LogP contribution is 2.24. The van der Waals surface area contributed by atoms with E-state index in [9.17, 15) is 9.59 Å². The minimum atomic E-state index is -0.572. The minimum Gasteiger partial charge on any atom is -0.354 e. The van der Waals surface area contributed by atoms with E-state index in [1.54, 1.807) is 23.1 Å². The van der Waals surface area contributed by atoms with Gasteiger partial charge in [0.2, 0.25) is 11.8 Å². The molecule has 0 spiro atoms. The molecule has 2 rings (SSSR count). The smallest absolute Gasteiger partial charge is 0.242 e. The first-order valence-corrected chi connectivity index (χ1v) is 10.6. The second-order valence-electron chi connectivity index (χ2n) is 7.48. The quantitative estimate of drug-likeness (QED) is 0.595. The lowest BCUT2D eigenvalue weighted by molar-refractivity contribution is -0.141. The third kappa shape index (κ3) is 7.06. The van der Waals surface area contributed by atoms with Gasteiger partial charge in [-0.15, -0.1) is 0 Å². The van der Waals surface area contributed by atoms with Crippen LogP contribution in [0.15, 0.2) is 48.5 Å². The molecule has 0 aliphatic carbocycles. The van der Waals surface area contributed by atoms with Crippen molar-refractivity contribution in [2.45, 2.75) is 46.2 Å². The van der Waals surface area contributed by atoms with Gasteiger partial charge >= 0.3 is 0 Å². The van der Waals surface area contributed by atoms with Crippen molar-refractivity contribution in [2.75, 3.05) is 6.54 Å². The fourth-order valence-corrected chi connectivity index (χ4v) is 3.52. The standard InChI is InChI=1S/C23H28Cl2N2O2/c1-4-21(23(29)26-14-16(2)3)27(15-18-10-11-19(24)13-20(18)25)22(28)12-17-8-6-5-7-9-17/h5-11,13,16,21H,4,12,14-15H2,1-3H3,(H,26,29). The number of carbonyl (C=O) groups is 2. The van der Waals surface area contributed by atoms with E-state index in [0.717, 1.165) is 11.1 Å². The van der Waals surface area contributed by atoms with E-state index in [1.165, 1.54) is 0 Å². The van der Waals surface area contributed by atoms with E-state index in [2.05, 4.69) is 5.32 Å². The fraction of sp³-hybridized carbons (Fsp3) is 0.391. The van der Waals surface area contributed by atoms with Gasteiger partial charge in [0.15, 0.2) is 0 Å². The Kier molecular flexibility index (Phi) is 8.99. The molecule has 29 heavy (non-hydrogen) atoms. The maximum Gasteiger partial charge on any atom is 0.242 e. The summed E-state index contributed by atoms with van der Waals surface area (Å²) in [6, 6.07) is 14.1. The first-order valence-electron chi connectivity index (χ1n) is 9.86. The Balaban J connectivity index is 2.29. The zero-order chi connectivity index (χ0) is 21.4. The topological polar surface area (TPSA) is 49.4 Å². The molecule has 2 amide bonds. The number of hydrogen-bond donors (Lipinski definition) is 1. The number of carbonyl (C=O) groups excluding carboxylic acids is 2. The summed E-state index contributed by atoms with van der Waals surface area (Å²) in [5.74, 6) is 0.0668. The molecule has 6 heteroatoms. The maximum atomic E-state index is 13.2. The van der Waals surface area contributed by atoms with E-state index in [-0.39, 0.29) is 24.8 Å². The lowest BCUT2D eigenvalue weighted by Gasteiger charge is -2.31. The number of rotatable bonds is 9. The predicted octanol–water partition coefficient (Wildman–Crippen LogP) is 5.12. The van der Waals surface area contributed by atoms with Crippen molar-refractivity contribution in [1.29, 1.82) is 0 Å². The largest absolute Gasteiger partial charge is 0.354 e. The normalized spacial score (nSPS) is 11.9. The van der Waals surface area contributed by atoms with Crippen LogP contribution in [-0.2, 0) is 22.6 Å². The van der Waals surface area contributed by atoms with Gasteiger partial charge in [-0.2, -0.15) is 0 Å². The molecule has 0 aromatic heterocycles. The van der Waals surface area contributed by atoms with Crippen LogP contribution in [0.3, 0.4) is 0 Å². The van der Waals surface area contributed by atoms with Crippen molar-refractivity contribution in [3.05, 3.63) is 69.7 Å². The molecule has 0 saturated carbocycles. The third-order valence-corrected chi connectivity index (χ3v) is 5.21. The number of nitrogens with one attached hydrogen (secondary N) is 1. The van der Waals surface area contributed by atoms with Gasteiger partial charge in [-0.05, 0) is 35.6 Å². The molecule has 0 fully saturated rings. The molecule has 156 valence electrons. The van der Waals surface area contributed by atoms with Crippen LogP contribution in [0, 0.1) is 5.92 Å². The number of benzene rings is 2. The summed E-state index contributed by atoms with van der Waals surface area (Å²) >= 11 is 12.4. The lowest BCUT2D eigenvalue weighted by Crippen LogP contribution is -2.50. The monoisotopic (exact) mass is 434 g/mol. The van der Waals surface area contributed by atoms with Crippen LogP contribution in [0.5, 0.6) is 0 Å². The number of hydrogen-bond acceptors (Lipinski definition) is 2. The second kappa shape index (κ2) is 11.2. The zero-order valence-corrected chi connectivity index (χ0v) is 18.6. The van der Waals surface area contributed by atoms with E-state index in [4.69, 9.17) is 23.2 Å². The molecule has 1 N–H and O–H groups in total. The molecular formula is C23H28Cl2N2O2. The highest BCUT2D eigenvalue weighted by Gasteiger charge is 2.29. The Bertz CT molecular complexity index is 825. The first kappa shape index (κ1) is 23.2. The molecule has 0 saturated heterocycles. The second-order valence-corrected chi connectivity index (χ2v) is 8.33. The van der Waals surface area contributed by atoms with Crippen LogP contribution in [-0.4, -0.2) is 29.3 Å². The van der Waals surface area contributed by atoms with Crippen molar-refractivity contribution in [2.24, 2.45) is 5.92 Å². The molecule has 0 aliphatic heterocycles. The molecular weight excluding hydrogens is 407 g/mol. The highest BCUT2D eigenvalue weighted by molar-refractivity contribution is 6.35. The average Bonchev–Trinajstić information content (AvgIpc) is 2.68. The summed E-state index contributed by atoms with van der Waals surface area (Å²) in [6.45, 7) is 6.79. The van der Waals surface area contributed by atoms with Crippen LogP contribution >= 0.6 is 23.2 Å². The van der Waals surface area contributed by atoms with Crippen molar-refractivity contribution in [3.63, 3.8) is 0 Å². The van der Waals surface area contributed by atoms with Crippen molar-refractivity contribution in [3.8, 4) is 0 Å². The Labute approximate surface area is 183 Å². The van der Waals surface area contributed by atoms with Gasteiger partial charge in [-0.1, -0.05) is 80.4 Å². The van der Waals surface area contributed by atoms with E-state index in [1.807, 2.05) is 51.1 Å². The molecule has 0 radical (unpaired) electrons. The van der Waals surface area contributed by atoms with E-state index in [0.29, 0.717) is 28.9 Å². The SMILES string of the molecule is CCC(C(=O)NCC(C)C)N(Cc1ccc(Cl)cc1Cl)C(=O)Cc1ccccc1. The summed E-state index contributed by atoms with van der Waals surface area (Å²) < 4.78 is 0. The molecule has 0 bridgehead atoms. The van der Waals surface area contributed by atoms with E-state index >= 15 is 0 Å². The first-order chi connectivity index (χ1) is 13.8. The highest BCUT2D eigenvalue weighted by atomic mass is 35.5. The Morgan fingerprint density at radius 1 is 1.07 bits per heavy atom. The van der Waals surface area contributed by atoms with Gasteiger partial charge < -0.3 is 10.2 Å². The minimum absolute atomic E-state index is 0.117. The van der Waals surface area contributed by atoms with Crippen molar-refractivity contribution >= 4 is 35.0 Å². The average molecular weight is 435 g/mol.